The minimum Gasteiger partial charge on any atom is -0.497 e. The van der Waals surface area contributed by atoms with Crippen LogP contribution in [0.1, 0.15) is 17.3 Å². The zero-order valence-electron chi connectivity index (χ0n) is 13.7. The number of aromatic nitrogens is 1. The lowest BCUT2D eigenvalue weighted by atomic mass is 10.1. The molecule has 128 valence electrons. The Balaban J connectivity index is 1.59. The Labute approximate surface area is 148 Å². The van der Waals surface area contributed by atoms with Crippen molar-refractivity contribution in [2.45, 2.75) is 6.92 Å². The number of hydrogen-bond acceptors (Lipinski definition) is 6. The molecule has 0 fully saturated rings. The van der Waals surface area contributed by atoms with Crippen molar-refractivity contribution < 1.29 is 19.1 Å². The quantitative estimate of drug-likeness (QED) is 0.684. The van der Waals surface area contributed by atoms with Crippen LogP contribution in [0.4, 0.5) is 5.13 Å². The number of rotatable bonds is 6. The van der Waals surface area contributed by atoms with Gasteiger partial charge in [0, 0.05) is 5.56 Å². The first kappa shape index (κ1) is 16.9. The van der Waals surface area contributed by atoms with Crippen LogP contribution < -0.4 is 14.8 Å². The van der Waals surface area contributed by atoms with Crippen LogP contribution in [0, 0.1) is 0 Å². The van der Waals surface area contributed by atoms with Crippen LogP contribution in [0.5, 0.6) is 11.5 Å². The molecular weight excluding hydrogens is 340 g/mol. The molecular formula is C18H16N2O4S. The number of fused-ring (bicyclic) bond motifs is 1. The first-order valence-corrected chi connectivity index (χ1v) is 8.35. The predicted octanol–water partition coefficient (Wildman–Crippen LogP) is 3.53. The van der Waals surface area contributed by atoms with E-state index in [1.54, 1.807) is 31.4 Å². The highest BCUT2D eigenvalue weighted by molar-refractivity contribution is 7.22. The third kappa shape index (κ3) is 4.13. The zero-order valence-corrected chi connectivity index (χ0v) is 14.6. The number of nitrogens with one attached hydrogen (secondary N) is 1. The number of carbonyl (C=O) groups excluding carboxylic acids is 2. The van der Waals surface area contributed by atoms with Gasteiger partial charge in [0.05, 0.1) is 17.3 Å². The molecule has 2 aromatic carbocycles. The first-order chi connectivity index (χ1) is 12.0. The molecule has 3 aromatic rings. The highest BCUT2D eigenvalue weighted by atomic mass is 32.1. The molecule has 0 radical (unpaired) electrons. The van der Waals surface area contributed by atoms with Crippen molar-refractivity contribution >= 4 is 38.4 Å². The van der Waals surface area contributed by atoms with Crippen molar-refractivity contribution in [1.29, 1.82) is 0 Å². The summed E-state index contributed by atoms with van der Waals surface area (Å²) in [5.74, 6) is 0.943. The predicted molar refractivity (Wildman–Crippen MR) is 96.7 cm³/mol. The molecule has 0 atom stereocenters. The Morgan fingerprint density at radius 3 is 2.52 bits per heavy atom. The molecule has 7 heteroatoms. The van der Waals surface area contributed by atoms with E-state index in [2.05, 4.69) is 10.3 Å². The number of Topliss-reactive ketones (excluding diaryl/α,β-unsaturated/α-hetero) is 1. The third-order valence-corrected chi connectivity index (χ3v) is 4.41. The average molecular weight is 356 g/mol. The summed E-state index contributed by atoms with van der Waals surface area (Å²) in [6.07, 6.45) is 0. The molecule has 1 N–H and O–H groups in total. The monoisotopic (exact) mass is 356 g/mol. The van der Waals surface area contributed by atoms with Crippen molar-refractivity contribution in [3.05, 3.63) is 48.0 Å². The Kier molecular flexibility index (Phi) is 4.95. The van der Waals surface area contributed by atoms with E-state index in [-0.39, 0.29) is 18.3 Å². The first-order valence-electron chi connectivity index (χ1n) is 7.53. The van der Waals surface area contributed by atoms with E-state index in [9.17, 15) is 9.59 Å². The lowest BCUT2D eigenvalue weighted by Crippen LogP contribution is -2.20. The standard InChI is InChI=1S/C18H16N2O4S/c1-11(21)12-3-5-13(6-4-12)24-10-17(22)20-18-19-15-8-7-14(23-2)9-16(15)25-18/h3-9H,10H2,1-2H3,(H,19,20,22). The number of hydrogen-bond donors (Lipinski definition) is 1. The second-order valence-corrected chi connectivity index (χ2v) is 6.30. The maximum atomic E-state index is 12.0. The van der Waals surface area contributed by atoms with E-state index < -0.39 is 0 Å². The fourth-order valence-electron chi connectivity index (χ4n) is 2.18. The van der Waals surface area contributed by atoms with Crippen LogP contribution in [0.15, 0.2) is 42.5 Å². The molecule has 0 bridgehead atoms. The smallest absolute Gasteiger partial charge is 0.264 e. The van der Waals surface area contributed by atoms with Gasteiger partial charge >= 0.3 is 0 Å². The Morgan fingerprint density at radius 2 is 1.84 bits per heavy atom. The minimum absolute atomic E-state index is 0.0169. The number of amides is 1. The van der Waals surface area contributed by atoms with Gasteiger partial charge < -0.3 is 9.47 Å². The Morgan fingerprint density at radius 1 is 1.12 bits per heavy atom. The van der Waals surface area contributed by atoms with Gasteiger partial charge in [0.15, 0.2) is 17.5 Å². The molecule has 0 unspecified atom stereocenters. The van der Waals surface area contributed by atoms with Crippen LogP contribution in [-0.4, -0.2) is 30.4 Å². The van der Waals surface area contributed by atoms with Crippen LogP contribution in [0.3, 0.4) is 0 Å². The van der Waals surface area contributed by atoms with Gasteiger partial charge in [0.25, 0.3) is 5.91 Å². The summed E-state index contributed by atoms with van der Waals surface area (Å²) in [5.41, 5.74) is 1.39. The average Bonchev–Trinajstić information content (AvgIpc) is 3.01. The van der Waals surface area contributed by atoms with Gasteiger partial charge in [-0.25, -0.2) is 4.98 Å². The van der Waals surface area contributed by atoms with Gasteiger partial charge in [-0.2, -0.15) is 0 Å². The molecule has 0 saturated carbocycles. The highest BCUT2D eigenvalue weighted by Crippen LogP contribution is 2.29. The Bertz CT molecular complexity index is 918. The fourth-order valence-corrected chi connectivity index (χ4v) is 3.09. The largest absolute Gasteiger partial charge is 0.497 e. The maximum Gasteiger partial charge on any atom is 0.264 e. The van der Waals surface area contributed by atoms with Gasteiger partial charge in [-0.3, -0.25) is 14.9 Å². The molecule has 0 saturated heterocycles. The van der Waals surface area contributed by atoms with Crippen molar-refractivity contribution in [3.63, 3.8) is 0 Å². The van der Waals surface area contributed by atoms with Gasteiger partial charge in [0.1, 0.15) is 11.5 Å². The van der Waals surface area contributed by atoms with E-state index in [1.165, 1.54) is 18.3 Å². The number of thiazole rings is 1. The maximum absolute atomic E-state index is 12.0. The van der Waals surface area contributed by atoms with E-state index in [1.807, 2.05) is 18.2 Å². The second-order valence-electron chi connectivity index (χ2n) is 5.27. The van der Waals surface area contributed by atoms with Crippen molar-refractivity contribution in [2.75, 3.05) is 19.0 Å². The molecule has 1 amide bonds. The highest BCUT2D eigenvalue weighted by Gasteiger charge is 2.09. The fraction of sp³-hybridized carbons (Fsp3) is 0.167. The molecule has 1 heterocycles. The molecule has 0 aliphatic carbocycles. The summed E-state index contributed by atoms with van der Waals surface area (Å²) in [4.78, 5) is 27.6. The number of carbonyl (C=O) groups is 2. The van der Waals surface area contributed by atoms with Crippen LogP contribution in [0.25, 0.3) is 10.2 Å². The summed E-state index contributed by atoms with van der Waals surface area (Å²) >= 11 is 1.37. The summed E-state index contributed by atoms with van der Waals surface area (Å²) in [7, 11) is 1.60. The molecule has 0 aliphatic heterocycles. The number of methoxy groups -OCH3 is 1. The van der Waals surface area contributed by atoms with E-state index in [4.69, 9.17) is 9.47 Å². The van der Waals surface area contributed by atoms with Crippen LogP contribution in [-0.2, 0) is 4.79 Å². The van der Waals surface area contributed by atoms with Gasteiger partial charge in [0.2, 0.25) is 0 Å². The number of anilines is 1. The van der Waals surface area contributed by atoms with Crippen LogP contribution in [0.2, 0.25) is 0 Å². The summed E-state index contributed by atoms with van der Waals surface area (Å²) in [5, 5.41) is 3.22. The zero-order chi connectivity index (χ0) is 17.8. The number of benzene rings is 2. The van der Waals surface area contributed by atoms with E-state index >= 15 is 0 Å². The van der Waals surface area contributed by atoms with Gasteiger partial charge in [-0.15, -0.1) is 0 Å². The second kappa shape index (κ2) is 7.31. The van der Waals surface area contributed by atoms with Gasteiger partial charge in [-0.1, -0.05) is 11.3 Å². The van der Waals surface area contributed by atoms with Crippen molar-refractivity contribution in [1.82, 2.24) is 4.98 Å². The molecule has 25 heavy (non-hydrogen) atoms. The van der Waals surface area contributed by atoms with Crippen LogP contribution >= 0.6 is 11.3 Å². The summed E-state index contributed by atoms with van der Waals surface area (Å²) in [6.45, 7) is 1.36. The third-order valence-electron chi connectivity index (χ3n) is 3.47. The number of nitrogens with zero attached hydrogens (tertiary/aromatic N) is 1. The van der Waals surface area contributed by atoms with Gasteiger partial charge in [-0.05, 0) is 49.4 Å². The molecule has 3 rings (SSSR count). The number of ketones is 1. The number of ether oxygens (including phenoxy) is 2. The summed E-state index contributed by atoms with van der Waals surface area (Å²) in [6, 6.07) is 12.2. The van der Waals surface area contributed by atoms with E-state index in [0.717, 1.165) is 16.0 Å². The minimum atomic E-state index is -0.304. The van der Waals surface area contributed by atoms with Crippen molar-refractivity contribution in [3.8, 4) is 11.5 Å². The van der Waals surface area contributed by atoms with E-state index in [0.29, 0.717) is 16.4 Å². The molecule has 0 aliphatic rings. The lowest BCUT2D eigenvalue weighted by Gasteiger charge is -2.06. The van der Waals surface area contributed by atoms with Crippen molar-refractivity contribution in [2.24, 2.45) is 0 Å². The lowest BCUT2D eigenvalue weighted by molar-refractivity contribution is -0.118. The normalized spacial score (nSPS) is 10.5. The SMILES string of the molecule is COc1ccc2nc(NC(=O)COc3ccc(C(C)=O)cc3)sc2c1. The molecule has 1 aromatic heterocycles. The molecule has 6 nitrogen and oxygen atoms in total. The topological polar surface area (TPSA) is 77.5 Å². The summed E-state index contributed by atoms with van der Waals surface area (Å²) < 4.78 is 11.5. The Hall–Kier alpha value is -2.93. The molecule has 0 spiro atoms.